The molecule has 0 radical (unpaired) electrons. The first kappa shape index (κ1) is 15.9. The van der Waals surface area contributed by atoms with Gasteiger partial charge in [0.1, 0.15) is 0 Å². The van der Waals surface area contributed by atoms with Crippen molar-refractivity contribution in [2.75, 3.05) is 6.61 Å². The fourth-order valence-electron chi connectivity index (χ4n) is 0.866. The van der Waals surface area contributed by atoms with E-state index in [1.54, 1.807) is 0 Å². The van der Waals surface area contributed by atoms with Crippen LogP contribution in [0.3, 0.4) is 0 Å². The van der Waals surface area contributed by atoms with E-state index in [4.69, 9.17) is 0 Å². The number of alkyl halides is 5. The second-order valence-electron chi connectivity index (χ2n) is 3.64. The van der Waals surface area contributed by atoms with Gasteiger partial charge in [0.05, 0.1) is 6.61 Å². The van der Waals surface area contributed by atoms with Gasteiger partial charge in [0.2, 0.25) is 0 Å². The molecule has 0 unspecified atom stereocenters. The minimum atomic E-state index is -4.61. The summed E-state index contributed by atoms with van der Waals surface area (Å²) >= 11 is 0. The quantitative estimate of drug-likeness (QED) is 0.415. The normalized spacial score (nSPS) is 12.4. The highest BCUT2D eigenvalue weighted by Crippen LogP contribution is 2.31. The molecule has 0 saturated carbocycles. The number of rotatable bonds is 6. The summed E-state index contributed by atoms with van der Waals surface area (Å²) in [6, 6.07) is 0. The minimum absolute atomic E-state index is 0.0450. The lowest BCUT2D eigenvalue weighted by molar-refractivity contribution is -0.156. The number of carbonyl (C=O) groups excluding carboxylic acids is 1. The summed E-state index contributed by atoms with van der Waals surface area (Å²) in [6.07, 6.45) is -8.41. The zero-order valence-electron chi connectivity index (χ0n) is 9.24. The molecular formula is C10H13F5O2. The summed E-state index contributed by atoms with van der Waals surface area (Å²) in [6.45, 7) is 3.94. The van der Waals surface area contributed by atoms with Crippen molar-refractivity contribution in [2.45, 2.75) is 38.3 Å². The molecule has 0 aliphatic rings. The molecule has 0 bridgehead atoms. The second-order valence-corrected chi connectivity index (χ2v) is 3.64. The predicted molar refractivity (Wildman–Crippen MR) is 50.6 cm³/mol. The maximum absolute atomic E-state index is 12.9. The molecule has 17 heavy (non-hydrogen) atoms. The van der Waals surface area contributed by atoms with E-state index >= 15 is 0 Å². The lowest BCUT2D eigenvalue weighted by Gasteiger charge is -2.17. The number of ether oxygens (including phenoxy) is 1. The van der Waals surface area contributed by atoms with Crippen LogP contribution in [0.2, 0.25) is 0 Å². The highest BCUT2D eigenvalue weighted by molar-refractivity contribution is 5.86. The van der Waals surface area contributed by atoms with Gasteiger partial charge in [-0.25, -0.2) is 13.6 Å². The summed E-state index contributed by atoms with van der Waals surface area (Å²) in [5.74, 6) is -4.33. The van der Waals surface area contributed by atoms with Crippen LogP contribution < -0.4 is 0 Å². The number of carbonyl (C=O) groups is 1. The van der Waals surface area contributed by atoms with E-state index in [-0.39, 0.29) is 5.57 Å². The van der Waals surface area contributed by atoms with Gasteiger partial charge < -0.3 is 4.74 Å². The van der Waals surface area contributed by atoms with Crippen molar-refractivity contribution in [1.29, 1.82) is 0 Å². The standard InChI is InChI=1S/C10H13F5O2/c1-7(2)8(16)17-6-5-9(11,12)3-4-10(13,14)15/h1,3-6H2,2H3. The third kappa shape index (κ3) is 8.65. The average molecular weight is 260 g/mol. The molecule has 0 aliphatic heterocycles. The van der Waals surface area contributed by atoms with Gasteiger partial charge in [-0.05, 0) is 6.92 Å². The Labute approximate surface area is 95.4 Å². The summed E-state index contributed by atoms with van der Waals surface area (Å²) in [5, 5.41) is 0. The van der Waals surface area contributed by atoms with E-state index < -0.39 is 43.9 Å². The molecule has 0 amide bonds. The molecule has 0 heterocycles. The molecule has 0 saturated heterocycles. The van der Waals surface area contributed by atoms with Gasteiger partial charge in [0, 0.05) is 24.8 Å². The van der Waals surface area contributed by atoms with E-state index in [9.17, 15) is 26.7 Å². The van der Waals surface area contributed by atoms with Gasteiger partial charge >= 0.3 is 12.1 Å². The van der Waals surface area contributed by atoms with Gasteiger partial charge in [-0.2, -0.15) is 13.2 Å². The first-order chi connectivity index (χ1) is 7.53. The Hall–Kier alpha value is -1.14. The number of esters is 1. The molecule has 2 nitrogen and oxygen atoms in total. The molecule has 0 atom stereocenters. The molecule has 0 aromatic heterocycles. The van der Waals surface area contributed by atoms with Crippen molar-refractivity contribution >= 4 is 5.97 Å². The van der Waals surface area contributed by atoms with Crippen LogP contribution in [0.1, 0.15) is 26.2 Å². The van der Waals surface area contributed by atoms with Crippen molar-refractivity contribution < 1.29 is 31.5 Å². The Morgan fingerprint density at radius 2 is 1.65 bits per heavy atom. The van der Waals surface area contributed by atoms with Crippen LogP contribution in [-0.4, -0.2) is 24.7 Å². The smallest absolute Gasteiger partial charge is 0.389 e. The largest absolute Gasteiger partial charge is 0.462 e. The lowest BCUT2D eigenvalue weighted by Crippen LogP contribution is -2.23. The van der Waals surface area contributed by atoms with Gasteiger partial charge in [0.25, 0.3) is 5.92 Å². The van der Waals surface area contributed by atoms with E-state index in [1.165, 1.54) is 6.92 Å². The zero-order valence-corrected chi connectivity index (χ0v) is 9.24. The Bertz CT molecular complexity index is 283. The summed E-state index contributed by atoms with van der Waals surface area (Å²) in [4.78, 5) is 10.8. The van der Waals surface area contributed by atoms with E-state index in [1.807, 2.05) is 0 Å². The molecule has 0 spiro atoms. The van der Waals surface area contributed by atoms with E-state index in [0.717, 1.165) is 0 Å². The first-order valence-electron chi connectivity index (χ1n) is 4.81. The van der Waals surface area contributed by atoms with Gasteiger partial charge in [0.15, 0.2) is 0 Å². The third-order valence-electron chi connectivity index (χ3n) is 1.82. The van der Waals surface area contributed by atoms with Crippen LogP contribution in [0.25, 0.3) is 0 Å². The topological polar surface area (TPSA) is 26.3 Å². The molecule has 0 fully saturated rings. The van der Waals surface area contributed by atoms with Crippen LogP contribution >= 0.6 is 0 Å². The molecule has 0 aliphatic carbocycles. The Kier molecular flexibility index (Phi) is 5.57. The summed E-state index contributed by atoms with van der Waals surface area (Å²) in [7, 11) is 0. The van der Waals surface area contributed by atoms with Crippen LogP contribution in [0.4, 0.5) is 22.0 Å². The fourth-order valence-corrected chi connectivity index (χ4v) is 0.866. The number of hydrogen-bond donors (Lipinski definition) is 0. The SMILES string of the molecule is C=C(C)C(=O)OCCC(F)(F)CCC(F)(F)F. The Balaban J connectivity index is 3.94. The highest BCUT2D eigenvalue weighted by atomic mass is 19.4. The average Bonchev–Trinajstić information content (AvgIpc) is 2.13. The first-order valence-corrected chi connectivity index (χ1v) is 4.81. The molecule has 0 rings (SSSR count). The molecule has 0 aromatic carbocycles. The van der Waals surface area contributed by atoms with E-state index in [0.29, 0.717) is 0 Å². The van der Waals surface area contributed by atoms with Crippen molar-refractivity contribution in [3.05, 3.63) is 12.2 Å². The zero-order chi connectivity index (χ0) is 13.7. The van der Waals surface area contributed by atoms with Crippen molar-refractivity contribution in [3.8, 4) is 0 Å². The molecule has 0 N–H and O–H groups in total. The molecule has 100 valence electrons. The second kappa shape index (κ2) is 5.97. The van der Waals surface area contributed by atoms with Gasteiger partial charge in [-0.15, -0.1) is 0 Å². The Morgan fingerprint density at radius 1 is 1.12 bits per heavy atom. The molecule has 7 heteroatoms. The maximum Gasteiger partial charge on any atom is 0.389 e. The summed E-state index contributed by atoms with van der Waals surface area (Å²) in [5.41, 5.74) is 0.0450. The fraction of sp³-hybridized carbons (Fsp3) is 0.700. The predicted octanol–water partition coefficient (Wildman–Crippen LogP) is 3.47. The van der Waals surface area contributed by atoms with Crippen molar-refractivity contribution in [1.82, 2.24) is 0 Å². The molecule has 0 aromatic rings. The summed E-state index contributed by atoms with van der Waals surface area (Å²) < 4.78 is 65.3. The van der Waals surface area contributed by atoms with Gasteiger partial charge in [-0.3, -0.25) is 0 Å². The van der Waals surface area contributed by atoms with Crippen LogP contribution in [0.15, 0.2) is 12.2 Å². The van der Waals surface area contributed by atoms with Crippen LogP contribution in [-0.2, 0) is 9.53 Å². The number of hydrogen-bond acceptors (Lipinski definition) is 2. The lowest BCUT2D eigenvalue weighted by atomic mass is 10.1. The monoisotopic (exact) mass is 260 g/mol. The maximum atomic E-state index is 12.9. The van der Waals surface area contributed by atoms with Crippen molar-refractivity contribution in [3.63, 3.8) is 0 Å². The minimum Gasteiger partial charge on any atom is -0.462 e. The molecular weight excluding hydrogens is 247 g/mol. The van der Waals surface area contributed by atoms with E-state index in [2.05, 4.69) is 11.3 Å². The van der Waals surface area contributed by atoms with Gasteiger partial charge in [-0.1, -0.05) is 6.58 Å². The van der Waals surface area contributed by atoms with Crippen LogP contribution in [0.5, 0.6) is 0 Å². The highest BCUT2D eigenvalue weighted by Gasteiger charge is 2.36. The third-order valence-corrected chi connectivity index (χ3v) is 1.82. The van der Waals surface area contributed by atoms with Crippen LogP contribution in [0, 0.1) is 0 Å². The van der Waals surface area contributed by atoms with Crippen molar-refractivity contribution in [2.24, 2.45) is 0 Å². The Morgan fingerprint density at radius 3 is 2.06 bits per heavy atom. The number of halogens is 5.